The highest BCUT2D eigenvalue weighted by molar-refractivity contribution is 7.95. The quantitative estimate of drug-likeness (QED) is 0.414. The molecule has 0 spiro atoms. The molecule has 34 heavy (non-hydrogen) atoms. The van der Waals surface area contributed by atoms with Gasteiger partial charge in [-0.05, 0) is 6.92 Å². The van der Waals surface area contributed by atoms with Crippen molar-refractivity contribution in [2.24, 2.45) is 0 Å². The Balaban J connectivity index is 0.000000437. The maximum atomic E-state index is 12.7. The number of hydrogen-bond donors (Lipinski definition) is 0. The second-order valence-corrected chi connectivity index (χ2v) is 11.0. The van der Waals surface area contributed by atoms with E-state index in [1.165, 1.54) is 25.5 Å². The van der Waals surface area contributed by atoms with E-state index in [1.54, 1.807) is 0 Å². The summed E-state index contributed by atoms with van der Waals surface area (Å²) in [6, 6.07) is 6.51. The van der Waals surface area contributed by atoms with Crippen LogP contribution in [0.25, 0.3) is 0 Å². The topological polar surface area (TPSA) is 76.0 Å². The van der Waals surface area contributed by atoms with Crippen LogP contribution in [0.1, 0.15) is 38.1 Å². The molecule has 6 nitrogen and oxygen atoms in total. The molecule has 0 saturated carbocycles. The van der Waals surface area contributed by atoms with Crippen LogP contribution < -0.4 is 9.13 Å². The smallest absolute Gasteiger partial charge is 0.214 e. The molecular weight excluding hydrogens is 510 g/mol. The first-order valence-electron chi connectivity index (χ1n) is 10.0. The number of halogens is 6. The van der Waals surface area contributed by atoms with E-state index in [2.05, 4.69) is 42.8 Å². The fourth-order valence-corrected chi connectivity index (χ4v) is 5.53. The van der Waals surface area contributed by atoms with Crippen molar-refractivity contribution in [2.45, 2.75) is 74.4 Å². The van der Waals surface area contributed by atoms with Gasteiger partial charge < -0.3 is 0 Å². The first-order chi connectivity index (χ1) is 15.4. The molecule has 0 saturated heterocycles. The van der Waals surface area contributed by atoms with Crippen LogP contribution >= 0.6 is 0 Å². The molecule has 0 aliphatic heterocycles. The lowest BCUT2D eigenvalue weighted by atomic mass is 10.3. The molecule has 2 heterocycles. The van der Waals surface area contributed by atoms with E-state index < -0.39 is 46.2 Å². The Bertz CT molecular complexity index is 1210. The monoisotopic (exact) mass is 536 g/mol. The molecule has 0 unspecified atom stereocenters. The van der Waals surface area contributed by atoms with E-state index in [0.29, 0.717) is 0 Å². The van der Waals surface area contributed by atoms with Gasteiger partial charge in [-0.3, -0.25) is 0 Å². The minimum absolute atomic E-state index is 0.0848. The van der Waals surface area contributed by atoms with Crippen LogP contribution in [-0.4, -0.2) is 27.9 Å². The second-order valence-electron chi connectivity index (χ2n) is 7.17. The summed E-state index contributed by atoms with van der Waals surface area (Å²) < 4.78 is 125. The number of nitrogens with zero attached hydrogens (tertiary/aromatic N) is 2. The number of rotatable bonds is 6. The van der Waals surface area contributed by atoms with Crippen molar-refractivity contribution in [1.82, 2.24) is 0 Å². The fourth-order valence-electron chi connectivity index (χ4n) is 2.92. The SMILES string of the molecule is CCCC[n+]1ccccc1C.CC[n+]1ccc(S(=O)(=O)C(F)(F)F)c(S(=O)(=O)C(F)(F)F)c1C. The maximum Gasteiger partial charge on any atom is 0.502 e. The summed E-state index contributed by atoms with van der Waals surface area (Å²) in [6.45, 7) is 7.61. The lowest BCUT2D eigenvalue weighted by Gasteiger charge is -2.15. The molecule has 0 radical (unpaired) electrons. The summed E-state index contributed by atoms with van der Waals surface area (Å²) >= 11 is 0. The number of unbranched alkanes of at least 4 members (excludes halogenated alkanes) is 1. The maximum absolute atomic E-state index is 12.7. The number of sulfone groups is 2. The van der Waals surface area contributed by atoms with Gasteiger partial charge in [0.2, 0.25) is 0 Å². The van der Waals surface area contributed by atoms with Crippen molar-refractivity contribution < 1.29 is 52.3 Å². The van der Waals surface area contributed by atoms with Crippen molar-refractivity contribution in [3.05, 3.63) is 48.0 Å². The van der Waals surface area contributed by atoms with Gasteiger partial charge in [-0.25, -0.2) is 26.0 Å². The van der Waals surface area contributed by atoms with Crippen LogP contribution in [0.3, 0.4) is 0 Å². The van der Waals surface area contributed by atoms with Crippen molar-refractivity contribution in [3.63, 3.8) is 0 Å². The van der Waals surface area contributed by atoms with Crippen LogP contribution in [0.2, 0.25) is 0 Å². The number of aryl methyl sites for hydroxylation is 3. The molecular formula is C20H26F6N2O4S2+2. The first-order valence-corrected chi connectivity index (χ1v) is 13.0. The van der Waals surface area contributed by atoms with Crippen LogP contribution in [0.15, 0.2) is 46.5 Å². The Kier molecular flexibility index (Phi) is 9.66. The number of hydrogen-bond acceptors (Lipinski definition) is 4. The zero-order valence-electron chi connectivity index (χ0n) is 18.9. The van der Waals surface area contributed by atoms with Gasteiger partial charge in [0.25, 0.3) is 19.7 Å². The van der Waals surface area contributed by atoms with E-state index >= 15 is 0 Å². The third-order valence-electron chi connectivity index (χ3n) is 4.82. The number of alkyl halides is 6. The van der Waals surface area contributed by atoms with Crippen LogP contribution in [-0.2, 0) is 32.8 Å². The van der Waals surface area contributed by atoms with Gasteiger partial charge in [0, 0.05) is 38.5 Å². The summed E-state index contributed by atoms with van der Waals surface area (Å²) in [5.41, 5.74) is -11.3. The van der Waals surface area contributed by atoms with Gasteiger partial charge >= 0.3 is 11.0 Å². The normalized spacial score (nSPS) is 12.8. The Morgan fingerprint density at radius 3 is 1.79 bits per heavy atom. The molecule has 192 valence electrons. The molecule has 0 bridgehead atoms. The second kappa shape index (κ2) is 11.0. The third-order valence-corrected chi connectivity index (χ3v) is 8.14. The van der Waals surface area contributed by atoms with Crippen molar-refractivity contribution in [3.8, 4) is 0 Å². The summed E-state index contributed by atoms with van der Waals surface area (Å²) in [5.74, 6) is 0. The molecule has 0 fully saturated rings. The average Bonchev–Trinajstić information content (AvgIpc) is 2.71. The molecule has 14 heteroatoms. The Hall–Kier alpha value is -2.22. The van der Waals surface area contributed by atoms with Crippen LogP contribution in [0.4, 0.5) is 26.3 Å². The number of aromatic nitrogens is 2. The number of pyridine rings is 2. The highest BCUT2D eigenvalue weighted by Gasteiger charge is 2.56. The molecule has 2 aromatic heterocycles. The lowest BCUT2D eigenvalue weighted by Crippen LogP contribution is -2.40. The minimum Gasteiger partial charge on any atom is -0.214 e. The van der Waals surface area contributed by atoms with Gasteiger partial charge in [0.05, 0.1) is 0 Å². The molecule has 0 aliphatic rings. The van der Waals surface area contributed by atoms with Crippen LogP contribution in [0.5, 0.6) is 0 Å². The minimum atomic E-state index is -6.31. The van der Waals surface area contributed by atoms with Gasteiger partial charge in [-0.15, -0.1) is 0 Å². The highest BCUT2D eigenvalue weighted by atomic mass is 32.2. The Labute approximate surface area is 194 Å². The van der Waals surface area contributed by atoms with Gasteiger partial charge in [0.15, 0.2) is 28.7 Å². The lowest BCUT2D eigenvalue weighted by molar-refractivity contribution is -0.703. The van der Waals surface area contributed by atoms with E-state index in [9.17, 15) is 43.2 Å². The molecule has 0 N–H and O–H groups in total. The van der Waals surface area contributed by atoms with Crippen molar-refractivity contribution in [2.75, 3.05) is 0 Å². The molecule has 0 atom stereocenters. The molecule has 0 aromatic carbocycles. The van der Waals surface area contributed by atoms with E-state index in [4.69, 9.17) is 0 Å². The highest BCUT2D eigenvalue weighted by Crippen LogP contribution is 2.39. The van der Waals surface area contributed by atoms with E-state index in [0.717, 1.165) is 24.2 Å². The standard InChI is InChI=1S/C10H10F6NO4S2.C10H16N/c1-3-17-5-4-7(22(18,19)9(11,12)13)8(6(17)2)23(20,21)10(14,15)16;1-3-4-8-11-9-6-5-7-10(11)2/h4-5H,3H2,1-2H3;5-7,9H,3-4,8H2,1-2H3/q2*+1. The first kappa shape index (κ1) is 29.8. The predicted octanol–water partition coefficient (Wildman–Crippen LogP) is 3.97. The van der Waals surface area contributed by atoms with Crippen molar-refractivity contribution >= 4 is 19.7 Å². The molecule has 0 aliphatic carbocycles. The molecule has 2 aromatic rings. The zero-order chi connectivity index (χ0) is 26.5. The Morgan fingerprint density at radius 2 is 1.35 bits per heavy atom. The van der Waals surface area contributed by atoms with E-state index in [-0.39, 0.29) is 12.6 Å². The molecule has 0 amide bonds. The van der Waals surface area contributed by atoms with Crippen LogP contribution in [0, 0.1) is 13.8 Å². The fraction of sp³-hybridized carbons (Fsp3) is 0.500. The average molecular weight is 537 g/mol. The van der Waals surface area contributed by atoms with Gasteiger partial charge in [0.1, 0.15) is 18.0 Å². The summed E-state index contributed by atoms with van der Waals surface area (Å²) in [4.78, 5) is -3.88. The summed E-state index contributed by atoms with van der Waals surface area (Å²) in [7, 11) is -12.6. The Morgan fingerprint density at radius 1 is 0.794 bits per heavy atom. The predicted molar refractivity (Wildman–Crippen MR) is 110 cm³/mol. The summed E-state index contributed by atoms with van der Waals surface area (Å²) in [5, 5.41) is 0. The third kappa shape index (κ3) is 6.46. The largest absolute Gasteiger partial charge is 0.502 e. The van der Waals surface area contributed by atoms with Gasteiger partial charge in [-0.1, -0.05) is 19.4 Å². The molecule has 2 rings (SSSR count). The summed E-state index contributed by atoms with van der Waals surface area (Å²) in [6.07, 6.45) is 5.45. The van der Waals surface area contributed by atoms with Gasteiger partial charge in [-0.2, -0.15) is 26.3 Å². The zero-order valence-corrected chi connectivity index (χ0v) is 20.5. The van der Waals surface area contributed by atoms with Crippen molar-refractivity contribution in [1.29, 1.82) is 0 Å². The van der Waals surface area contributed by atoms with E-state index in [1.807, 2.05) is 0 Å².